The van der Waals surface area contributed by atoms with Gasteiger partial charge in [-0.1, -0.05) is 30.3 Å². The van der Waals surface area contributed by atoms with Crippen LogP contribution in [-0.2, 0) is 6.42 Å². The topological polar surface area (TPSA) is 56.5 Å². The maximum absolute atomic E-state index is 4.93. The highest BCUT2D eigenvalue weighted by Crippen LogP contribution is 2.42. The quantitative estimate of drug-likeness (QED) is 0.541. The largest absolute Gasteiger partial charge is 0.246 e. The van der Waals surface area contributed by atoms with Crippen molar-refractivity contribution < 1.29 is 0 Å². The number of benzene rings is 1. The van der Waals surface area contributed by atoms with Crippen molar-refractivity contribution in [3.8, 4) is 0 Å². The molecule has 0 amide bonds. The average molecular weight is 361 g/mol. The van der Waals surface area contributed by atoms with Crippen LogP contribution in [0.15, 0.2) is 54.4 Å². The summed E-state index contributed by atoms with van der Waals surface area (Å²) in [6, 6.07) is 10.9. The summed E-state index contributed by atoms with van der Waals surface area (Å²) in [4.78, 5) is 13.4. The zero-order valence-electron chi connectivity index (χ0n) is 14.3. The van der Waals surface area contributed by atoms with E-state index in [1.165, 1.54) is 16.3 Å². The van der Waals surface area contributed by atoms with E-state index in [4.69, 9.17) is 4.98 Å². The van der Waals surface area contributed by atoms with Crippen LogP contribution in [-0.4, -0.2) is 24.7 Å². The predicted octanol–water partition coefficient (Wildman–Crippen LogP) is 4.38. The second kappa shape index (κ2) is 6.61. The molecule has 1 aliphatic carbocycles. The minimum Gasteiger partial charge on any atom is -0.246 e. The van der Waals surface area contributed by atoms with E-state index in [0.29, 0.717) is 12.0 Å². The first kappa shape index (κ1) is 15.6. The van der Waals surface area contributed by atoms with Gasteiger partial charge in [0.05, 0.1) is 28.3 Å². The van der Waals surface area contributed by atoms with Crippen molar-refractivity contribution in [2.45, 2.75) is 37.6 Å². The first-order valence-electron chi connectivity index (χ1n) is 8.98. The molecule has 1 saturated carbocycles. The van der Waals surface area contributed by atoms with Crippen molar-refractivity contribution in [2.24, 2.45) is 0 Å². The Morgan fingerprint density at radius 3 is 2.96 bits per heavy atom. The van der Waals surface area contributed by atoms with Crippen LogP contribution < -0.4 is 0 Å². The van der Waals surface area contributed by atoms with E-state index in [-0.39, 0.29) is 0 Å². The molecule has 26 heavy (non-hydrogen) atoms. The summed E-state index contributed by atoms with van der Waals surface area (Å²) in [6.07, 6.45) is 9.57. The van der Waals surface area contributed by atoms with E-state index < -0.39 is 0 Å². The lowest BCUT2D eigenvalue weighted by molar-refractivity contribution is 0.472. The standard InChI is InChI=1S/C20H19N5S/c1-2-4-14(5-3-1)8-17-12-26-20(24-17)15-6-7-18(9-15)25-19-16(11-23-25)10-21-13-22-19/h1-5,10-13,15,18H,6-9H2/t15-,18+/m1/s1. The van der Waals surface area contributed by atoms with Crippen LogP contribution in [0.5, 0.6) is 0 Å². The number of hydrogen-bond acceptors (Lipinski definition) is 5. The minimum absolute atomic E-state index is 0.397. The van der Waals surface area contributed by atoms with Crippen LogP contribution in [0, 0.1) is 0 Å². The molecule has 0 unspecified atom stereocenters. The van der Waals surface area contributed by atoms with Crippen LogP contribution in [0.3, 0.4) is 0 Å². The third-order valence-electron chi connectivity index (χ3n) is 5.15. The number of rotatable bonds is 4. The summed E-state index contributed by atoms with van der Waals surface area (Å²) in [6.45, 7) is 0. The minimum atomic E-state index is 0.397. The molecule has 5 rings (SSSR count). The van der Waals surface area contributed by atoms with Crippen LogP contribution in [0.25, 0.3) is 11.0 Å². The zero-order valence-corrected chi connectivity index (χ0v) is 15.1. The number of hydrogen-bond donors (Lipinski definition) is 0. The van der Waals surface area contributed by atoms with Gasteiger partial charge < -0.3 is 0 Å². The Kier molecular flexibility index (Phi) is 3.97. The highest BCUT2D eigenvalue weighted by atomic mass is 32.1. The molecule has 3 heterocycles. The highest BCUT2D eigenvalue weighted by molar-refractivity contribution is 7.09. The second-order valence-corrected chi connectivity index (χ2v) is 7.78. The average Bonchev–Trinajstić information content (AvgIpc) is 3.41. The lowest BCUT2D eigenvalue weighted by Crippen LogP contribution is -2.08. The molecule has 0 radical (unpaired) electrons. The molecule has 1 aromatic carbocycles. The van der Waals surface area contributed by atoms with Gasteiger partial charge in [0.15, 0.2) is 5.65 Å². The first-order valence-corrected chi connectivity index (χ1v) is 9.86. The lowest BCUT2D eigenvalue weighted by Gasteiger charge is -2.11. The molecule has 4 aromatic rings. The van der Waals surface area contributed by atoms with Crippen LogP contribution in [0.4, 0.5) is 0 Å². The zero-order chi connectivity index (χ0) is 17.3. The number of fused-ring (bicyclic) bond motifs is 1. The van der Waals surface area contributed by atoms with Crippen molar-refractivity contribution in [3.63, 3.8) is 0 Å². The SMILES string of the molecule is c1ccc(Cc2csc([C@@H]3CC[C@H](n4ncc5cncnc54)C3)n2)cc1. The second-order valence-electron chi connectivity index (χ2n) is 6.89. The molecule has 0 spiro atoms. The Morgan fingerprint density at radius 2 is 2.04 bits per heavy atom. The molecular weight excluding hydrogens is 342 g/mol. The van der Waals surface area contributed by atoms with Gasteiger partial charge in [-0.15, -0.1) is 11.3 Å². The number of aromatic nitrogens is 5. The molecule has 3 aromatic heterocycles. The summed E-state index contributed by atoms with van der Waals surface area (Å²) in [5, 5.41) is 9.06. The van der Waals surface area contributed by atoms with E-state index in [1.54, 1.807) is 17.7 Å². The summed E-state index contributed by atoms with van der Waals surface area (Å²) >= 11 is 1.80. The summed E-state index contributed by atoms with van der Waals surface area (Å²) in [7, 11) is 0. The fourth-order valence-corrected chi connectivity index (χ4v) is 4.83. The van der Waals surface area contributed by atoms with Gasteiger partial charge >= 0.3 is 0 Å². The van der Waals surface area contributed by atoms with E-state index >= 15 is 0 Å². The van der Waals surface area contributed by atoms with Crippen molar-refractivity contribution in [1.82, 2.24) is 24.7 Å². The Hall–Kier alpha value is -2.60. The van der Waals surface area contributed by atoms with Gasteiger partial charge in [-0.2, -0.15) is 5.10 Å². The van der Waals surface area contributed by atoms with Crippen molar-refractivity contribution in [2.75, 3.05) is 0 Å². The van der Waals surface area contributed by atoms with E-state index in [0.717, 1.165) is 36.7 Å². The molecule has 0 N–H and O–H groups in total. The van der Waals surface area contributed by atoms with Gasteiger partial charge in [0.25, 0.3) is 0 Å². The molecule has 130 valence electrons. The van der Waals surface area contributed by atoms with Crippen LogP contribution >= 0.6 is 11.3 Å². The molecule has 1 fully saturated rings. The van der Waals surface area contributed by atoms with E-state index in [1.807, 2.05) is 12.4 Å². The van der Waals surface area contributed by atoms with E-state index in [9.17, 15) is 0 Å². The fraction of sp³-hybridized carbons (Fsp3) is 0.300. The van der Waals surface area contributed by atoms with Crippen molar-refractivity contribution in [1.29, 1.82) is 0 Å². The Balaban J connectivity index is 1.32. The van der Waals surface area contributed by atoms with Gasteiger partial charge in [-0.05, 0) is 24.8 Å². The van der Waals surface area contributed by atoms with Gasteiger partial charge in [0.2, 0.25) is 0 Å². The number of thiazole rings is 1. The Labute approximate surface area is 155 Å². The van der Waals surface area contributed by atoms with Gasteiger partial charge in [-0.25, -0.2) is 19.6 Å². The highest BCUT2D eigenvalue weighted by Gasteiger charge is 2.30. The molecule has 0 aliphatic heterocycles. The molecular formula is C20H19N5S. The maximum atomic E-state index is 4.93. The van der Waals surface area contributed by atoms with Gasteiger partial charge in [0, 0.05) is 23.9 Å². The Bertz CT molecular complexity index is 1020. The molecule has 6 heteroatoms. The van der Waals surface area contributed by atoms with Crippen LogP contribution in [0.1, 0.15) is 47.5 Å². The van der Waals surface area contributed by atoms with Gasteiger partial charge in [0.1, 0.15) is 6.33 Å². The lowest BCUT2D eigenvalue weighted by atomic mass is 10.1. The predicted molar refractivity (Wildman–Crippen MR) is 102 cm³/mol. The molecule has 2 atom stereocenters. The smallest absolute Gasteiger partial charge is 0.161 e. The summed E-state index contributed by atoms with van der Waals surface area (Å²) < 4.78 is 2.08. The maximum Gasteiger partial charge on any atom is 0.161 e. The summed E-state index contributed by atoms with van der Waals surface area (Å²) in [5.41, 5.74) is 3.43. The van der Waals surface area contributed by atoms with Crippen molar-refractivity contribution in [3.05, 3.63) is 70.7 Å². The van der Waals surface area contributed by atoms with Gasteiger partial charge in [-0.3, -0.25) is 0 Å². The van der Waals surface area contributed by atoms with Crippen LogP contribution in [0.2, 0.25) is 0 Å². The molecule has 5 nitrogen and oxygen atoms in total. The summed E-state index contributed by atoms with van der Waals surface area (Å²) in [5.74, 6) is 0.524. The van der Waals surface area contributed by atoms with Crippen molar-refractivity contribution >= 4 is 22.4 Å². The monoisotopic (exact) mass is 361 g/mol. The molecule has 1 aliphatic rings. The number of nitrogens with zero attached hydrogens (tertiary/aromatic N) is 5. The normalized spacial score (nSPS) is 20.0. The fourth-order valence-electron chi connectivity index (χ4n) is 3.86. The third kappa shape index (κ3) is 2.90. The first-order chi connectivity index (χ1) is 12.9. The molecule has 0 bridgehead atoms. The molecule has 0 saturated heterocycles. The third-order valence-corrected chi connectivity index (χ3v) is 6.21. The van der Waals surface area contributed by atoms with E-state index in [2.05, 4.69) is 55.5 Å². The Morgan fingerprint density at radius 1 is 1.12 bits per heavy atom.